The molecule has 0 atom stereocenters. The molecule has 3 nitrogen and oxygen atoms in total. The van der Waals surface area contributed by atoms with E-state index < -0.39 is 16.5 Å². The van der Waals surface area contributed by atoms with E-state index in [9.17, 15) is 0 Å². The zero-order valence-electron chi connectivity index (χ0n) is 67.2. The Labute approximate surface area is 668 Å². The van der Waals surface area contributed by atoms with E-state index in [0.717, 1.165) is 99.8 Å². The lowest BCUT2D eigenvalue weighted by Gasteiger charge is -2.43. The second-order valence-electron chi connectivity index (χ2n) is 29.0. The minimum atomic E-state index is -1.16. The van der Waals surface area contributed by atoms with Gasteiger partial charge in [0.15, 0.2) is 0 Å². The highest BCUT2D eigenvalue weighted by molar-refractivity contribution is 7.99. The van der Waals surface area contributed by atoms with Crippen molar-refractivity contribution in [3.63, 3.8) is 0 Å². The van der Waals surface area contributed by atoms with Crippen LogP contribution in [0, 0.1) is 0 Å². The van der Waals surface area contributed by atoms with E-state index in [2.05, 4.69) is 326 Å². The second kappa shape index (κ2) is 57.6. The molecular weight excluding hydrogens is 1380 g/mol. The van der Waals surface area contributed by atoms with Gasteiger partial charge in [0.25, 0.3) is 0 Å². The normalized spacial score (nSPS) is 10.7. The molecule has 1 aromatic heterocycles. The smallest absolute Gasteiger partial charge is 0.112 e. The largest absolute Gasteiger partial charge is 0.346 e. The maximum atomic E-state index is 3.98. The van der Waals surface area contributed by atoms with Crippen LogP contribution in [-0.4, -0.2) is 55.6 Å². The van der Waals surface area contributed by atoms with Crippen LogP contribution < -0.4 is 4.90 Å². The van der Waals surface area contributed by atoms with E-state index in [1.807, 2.05) is 77.8 Å². The third-order valence-electron chi connectivity index (χ3n) is 18.0. The van der Waals surface area contributed by atoms with Gasteiger partial charge in [-0.05, 0) is 199 Å². The van der Waals surface area contributed by atoms with Crippen molar-refractivity contribution in [2.45, 2.75) is 195 Å². The fourth-order valence-corrected chi connectivity index (χ4v) is 24.5. The SMILES string of the molecule is C=CC(=C)CCCCCCCSc1ccccc1.C=CC(=C)CCCCCCSc1ccccc1.C=CC(=C)CCCCN(c1ccccc1)c1ccccc1.C=CC(=C)CCCCn1c2ccccc2c2ccccc21.C=CC(=C)CCCN([Si](C)(C)C)[Si](C)(C)C.C=CC(=C)CCCSc1ccccc1. The number of anilines is 2. The van der Waals surface area contributed by atoms with Crippen molar-refractivity contribution in [2.75, 3.05) is 35.2 Å². The molecule has 0 bridgehead atoms. The number of fused-ring (bicyclic) bond motifs is 3. The van der Waals surface area contributed by atoms with Crippen molar-refractivity contribution in [1.82, 2.24) is 8.80 Å². The molecule has 7 aromatic carbocycles. The van der Waals surface area contributed by atoms with Crippen LogP contribution in [0.3, 0.4) is 0 Å². The quantitative estimate of drug-likeness (QED) is 0.0163. The zero-order valence-corrected chi connectivity index (χ0v) is 71.6. The highest BCUT2D eigenvalue weighted by Gasteiger charge is 2.33. The molecule has 0 spiro atoms. The highest BCUT2D eigenvalue weighted by atomic mass is 32.2. The average Bonchev–Trinajstić information content (AvgIpc) is 1.62. The first-order valence-corrected chi connectivity index (χ1v) is 49.0. The van der Waals surface area contributed by atoms with Gasteiger partial charge in [-0.15, -0.1) is 35.3 Å². The van der Waals surface area contributed by atoms with Gasteiger partial charge < -0.3 is 13.7 Å². The second-order valence-corrected chi connectivity index (χ2v) is 42.7. The van der Waals surface area contributed by atoms with Gasteiger partial charge in [0.2, 0.25) is 0 Å². The molecule has 107 heavy (non-hydrogen) atoms. The van der Waals surface area contributed by atoms with Gasteiger partial charge in [0.1, 0.15) is 16.5 Å². The predicted molar refractivity (Wildman–Crippen MR) is 497 cm³/mol. The average molecular weight is 1520 g/mol. The molecule has 8 rings (SSSR count). The van der Waals surface area contributed by atoms with Crippen molar-refractivity contribution < 1.29 is 0 Å². The van der Waals surface area contributed by atoms with Crippen LogP contribution in [-0.2, 0) is 6.54 Å². The minimum Gasteiger partial charge on any atom is -0.346 e. The Morgan fingerprint density at radius 3 is 0.916 bits per heavy atom. The first kappa shape index (κ1) is 93.7. The lowest BCUT2D eigenvalue weighted by atomic mass is 10.1. The fraction of sp³-hybridized carbons (Fsp3) is 0.333. The van der Waals surface area contributed by atoms with Crippen molar-refractivity contribution in [2.24, 2.45) is 0 Å². The predicted octanol–water partition coefficient (Wildman–Crippen LogP) is 31.6. The molecule has 0 saturated carbocycles. The molecule has 1 heterocycles. The van der Waals surface area contributed by atoms with Gasteiger partial charge in [-0.25, -0.2) is 0 Å². The van der Waals surface area contributed by atoms with Crippen LogP contribution in [0.25, 0.3) is 21.8 Å². The van der Waals surface area contributed by atoms with Gasteiger partial charge in [0, 0.05) is 61.0 Å². The van der Waals surface area contributed by atoms with Crippen LogP contribution in [0.4, 0.5) is 11.4 Å². The van der Waals surface area contributed by atoms with Gasteiger partial charge in [-0.2, -0.15) is 0 Å². The Balaban J connectivity index is 0.000000335. The van der Waals surface area contributed by atoms with Crippen molar-refractivity contribution in [1.29, 1.82) is 0 Å². The van der Waals surface area contributed by atoms with E-state index >= 15 is 0 Å². The highest BCUT2D eigenvalue weighted by Crippen LogP contribution is 2.31. The molecule has 0 fully saturated rings. The van der Waals surface area contributed by atoms with E-state index in [1.165, 1.54) is 153 Å². The van der Waals surface area contributed by atoms with Gasteiger partial charge >= 0.3 is 0 Å². The van der Waals surface area contributed by atoms with Crippen LogP contribution in [0.15, 0.2) is 364 Å². The molecule has 0 aliphatic rings. The van der Waals surface area contributed by atoms with E-state index in [0.29, 0.717) is 0 Å². The summed E-state index contributed by atoms with van der Waals surface area (Å²) < 4.78 is 5.28. The zero-order chi connectivity index (χ0) is 78.2. The molecule has 8 heteroatoms. The number of aromatic nitrogens is 1. The maximum Gasteiger partial charge on any atom is 0.112 e. The Bertz CT molecular complexity index is 3710. The molecule has 0 saturated heterocycles. The number of nitrogens with zero attached hydrogens (tertiary/aromatic N) is 3. The van der Waals surface area contributed by atoms with Crippen molar-refractivity contribution >= 4 is 84.9 Å². The van der Waals surface area contributed by atoms with Gasteiger partial charge in [-0.1, -0.05) is 348 Å². The molecule has 572 valence electrons. The molecule has 0 amide bonds. The monoisotopic (exact) mass is 1520 g/mol. The summed E-state index contributed by atoms with van der Waals surface area (Å²) in [6.45, 7) is 64.1. The Kier molecular flexibility index (Phi) is 50.4. The molecule has 0 unspecified atom stereocenters. The Morgan fingerprint density at radius 1 is 0.299 bits per heavy atom. The summed E-state index contributed by atoms with van der Waals surface area (Å²) in [4.78, 5) is 6.49. The number of allylic oxidation sites excluding steroid dienone is 12. The first-order chi connectivity index (χ1) is 51.7. The number of aryl methyl sites for hydroxylation is 1. The van der Waals surface area contributed by atoms with Crippen LogP contribution >= 0.6 is 35.3 Å². The minimum absolute atomic E-state index is 1.01. The topological polar surface area (TPSA) is 11.4 Å². The van der Waals surface area contributed by atoms with Gasteiger partial charge in [-0.3, -0.25) is 0 Å². The summed E-state index contributed by atoms with van der Waals surface area (Å²) in [5.74, 6) is 3.62. The summed E-state index contributed by atoms with van der Waals surface area (Å²) >= 11 is 5.82. The lowest BCUT2D eigenvalue weighted by Crippen LogP contribution is -2.59. The molecule has 0 N–H and O–H groups in total. The standard InChI is InChI=1S/C20H21N.C20H23N.C17H24S.C16H22S.C13H29NSi2.C13H16S/c1-3-16(2)10-8-9-15-21-19-13-6-4-11-17(19)18-12-5-7-14-20(18)21;1-3-18(2)12-10-11-17-21(19-13-6-4-7-14-19)20-15-8-5-9-16-20;1-3-16(2)12-8-5-4-6-11-15-18-17-13-9-7-10-14-17;1-3-15(2)11-7-4-5-10-14-17-16-12-8-6-9-13-16;1-9-13(2)11-10-12-14(15(3,4)5)16(6,7)8;1-3-12(2)8-7-11-14-13-9-5-4-6-10-13/h3-7,11-14H,1-2,8-10,15H2;3-9,13-16H,1-2,10-12,17H2;3,7,9-10,13-14H,1-2,4-6,8,11-12,15H2;3,6,8-9,12-13H,1-2,4-5,7,10-11,14H2;9H,1-2,10-12H2,3-8H3;3-6,9-10H,1-2,7-8,11H2. The van der Waals surface area contributed by atoms with Gasteiger partial charge in [0.05, 0.1) is 0 Å². The number of thioether (sulfide) groups is 3. The van der Waals surface area contributed by atoms with E-state index in [1.54, 1.807) is 0 Å². The number of unbranched alkanes of at least 4 members (excludes halogenated alkanes) is 9. The molecule has 0 aliphatic heterocycles. The fourth-order valence-electron chi connectivity index (χ4n) is 12.1. The van der Waals surface area contributed by atoms with E-state index in [-0.39, 0.29) is 0 Å². The summed E-state index contributed by atoms with van der Waals surface area (Å²) in [5, 5.41) is 2.70. The maximum absolute atomic E-state index is 3.98. The summed E-state index contributed by atoms with van der Waals surface area (Å²) in [6, 6.07) is 70.2. The number of hydrogen-bond donors (Lipinski definition) is 0. The van der Waals surface area contributed by atoms with Crippen LogP contribution in [0.5, 0.6) is 0 Å². The van der Waals surface area contributed by atoms with Crippen molar-refractivity contribution in [3.05, 3.63) is 349 Å². The summed E-state index contributed by atoms with van der Waals surface area (Å²) in [7, 11) is -2.33. The molecule has 8 aromatic rings. The van der Waals surface area contributed by atoms with Crippen molar-refractivity contribution in [3.8, 4) is 0 Å². The van der Waals surface area contributed by atoms with Crippen LogP contribution in [0.2, 0.25) is 39.3 Å². The lowest BCUT2D eigenvalue weighted by molar-refractivity contribution is 0.582. The number of rotatable bonds is 46. The number of hydrogen-bond acceptors (Lipinski definition) is 5. The Morgan fingerprint density at radius 2 is 0.570 bits per heavy atom. The number of benzene rings is 7. The first-order valence-electron chi connectivity index (χ1n) is 39.2. The van der Waals surface area contributed by atoms with E-state index in [4.69, 9.17) is 0 Å². The molecular formula is C99H135N3S3Si2. The Hall–Kier alpha value is -7.54. The number of para-hydroxylation sites is 4. The van der Waals surface area contributed by atoms with Crippen LogP contribution in [0.1, 0.15) is 135 Å². The summed E-state index contributed by atoms with van der Waals surface area (Å²) in [5.41, 5.74) is 12.1. The molecule has 0 aliphatic carbocycles. The summed E-state index contributed by atoms with van der Waals surface area (Å²) in [6.07, 6.45) is 36.4. The third kappa shape index (κ3) is 42.7. The third-order valence-corrected chi connectivity index (χ3v) is 29.0. The molecule has 0 radical (unpaired) electrons.